The summed E-state index contributed by atoms with van der Waals surface area (Å²) in [4.78, 5) is 40.6. The van der Waals surface area contributed by atoms with E-state index in [2.05, 4.69) is 42.4 Å². The second-order valence-corrected chi connectivity index (χ2v) is 8.87. The average molecular weight is 384 g/mol. The van der Waals surface area contributed by atoms with E-state index in [4.69, 9.17) is 0 Å². The van der Waals surface area contributed by atoms with Gasteiger partial charge in [0, 0.05) is 49.7 Å². The summed E-state index contributed by atoms with van der Waals surface area (Å²) in [6.45, 7) is 9.76. The number of amides is 3. The predicted molar refractivity (Wildman–Crippen MR) is 104 cm³/mol. The van der Waals surface area contributed by atoms with Gasteiger partial charge in [-0.25, -0.2) is 0 Å². The lowest BCUT2D eigenvalue weighted by Gasteiger charge is -2.45. The minimum atomic E-state index is -0.561. The molecule has 150 valence electrons. The molecule has 3 aliphatic rings. The maximum Gasteiger partial charge on any atom is 0.255 e. The van der Waals surface area contributed by atoms with Crippen LogP contribution in [0.15, 0.2) is 18.2 Å². The number of piperidine rings is 1. The van der Waals surface area contributed by atoms with Gasteiger partial charge in [-0.15, -0.1) is 0 Å². The van der Waals surface area contributed by atoms with Crippen LogP contribution in [0, 0.1) is 0 Å². The van der Waals surface area contributed by atoms with E-state index >= 15 is 0 Å². The van der Waals surface area contributed by atoms with Crippen LogP contribution in [0.4, 0.5) is 0 Å². The Morgan fingerprint density at radius 3 is 2.75 bits per heavy atom. The number of hydrogen-bond acceptors (Lipinski definition) is 5. The Kier molecular flexibility index (Phi) is 4.75. The zero-order valence-corrected chi connectivity index (χ0v) is 16.7. The Morgan fingerprint density at radius 1 is 1.21 bits per heavy atom. The van der Waals surface area contributed by atoms with Gasteiger partial charge < -0.3 is 10.2 Å². The van der Waals surface area contributed by atoms with Gasteiger partial charge in [-0.1, -0.05) is 12.1 Å². The molecular formula is C21H28N4O3. The number of fused-ring (bicyclic) bond motifs is 1. The summed E-state index contributed by atoms with van der Waals surface area (Å²) in [5.74, 6) is -0.742. The summed E-state index contributed by atoms with van der Waals surface area (Å²) >= 11 is 0. The first kappa shape index (κ1) is 19.1. The topological polar surface area (TPSA) is 81.8 Å². The van der Waals surface area contributed by atoms with Gasteiger partial charge in [0.15, 0.2) is 0 Å². The maximum atomic E-state index is 13.0. The summed E-state index contributed by atoms with van der Waals surface area (Å²) in [5.41, 5.74) is 2.79. The van der Waals surface area contributed by atoms with Crippen LogP contribution in [0.5, 0.6) is 0 Å². The third kappa shape index (κ3) is 3.44. The van der Waals surface area contributed by atoms with Crippen LogP contribution in [-0.4, -0.2) is 58.2 Å². The van der Waals surface area contributed by atoms with E-state index in [1.807, 2.05) is 12.1 Å². The summed E-state index contributed by atoms with van der Waals surface area (Å²) in [6.07, 6.45) is 0.669. The van der Waals surface area contributed by atoms with Gasteiger partial charge in [-0.2, -0.15) is 0 Å². The molecule has 0 spiro atoms. The highest BCUT2D eigenvalue weighted by molar-refractivity contribution is 6.05. The summed E-state index contributed by atoms with van der Waals surface area (Å²) < 4.78 is 0. The van der Waals surface area contributed by atoms with Crippen LogP contribution in [0.2, 0.25) is 0 Å². The van der Waals surface area contributed by atoms with Gasteiger partial charge >= 0.3 is 0 Å². The Balaban J connectivity index is 1.51. The standard InChI is InChI=1S/C21H28N4O3/c1-13-9-24(21(2,3)12-22-13)10-14-4-5-15-11-25(20(28)16(15)8-14)17-6-7-18(26)23-19(17)27/h4-5,8,13,17,22H,6-7,9-12H2,1-3H3,(H,23,26,27). The van der Waals surface area contributed by atoms with Crippen LogP contribution in [0.3, 0.4) is 0 Å². The Hall–Kier alpha value is -2.25. The van der Waals surface area contributed by atoms with Gasteiger partial charge in [0.25, 0.3) is 5.91 Å². The maximum absolute atomic E-state index is 13.0. The minimum Gasteiger partial charge on any atom is -0.322 e. The number of imide groups is 1. The molecule has 0 radical (unpaired) electrons. The third-order valence-corrected chi connectivity index (χ3v) is 6.20. The van der Waals surface area contributed by atoms with Gasteiger partial charge in [0.2, 0.25) is 11.8 Å². The van der Waals surface area contributed by atoms with E-state index in [0.29, 0.717) is 24.6 Å². The van der Waals surface area contributed by atoms with Gasteiger partial charge in [0.05, 0.1) is 0 Å². The van der Waals surface area contributed by atoms with E-state index in [0.717, 1.165) is 30.8 Å². The lowest BCUT2D eigenvalue weighted by Crippen LogP contribution is -2.60. The molecule has 7 nitrogen and oxygen atoms in total. The smallest absolute Gasteiger partial charge is 0.255 e. The van der Waals surface area contributed by atoms with Crippen LogP contribution in [0.25, 0.3) is 0 Å². The minimum absolute atomic E-state index is 0.0499. The zero-order valence-electron chi connectivity index (χ0n) is 16.7. The van der Waals surface area contributed by atoms with Crippen molar-refractivity contribution in [2.75, 3.05) is 13.1 Å². The highest BCUT2D eigenvalue weighted by Crippen LogP contribution is 2.29. The fourth-order valence-electron chi connectivity index (χ4n) is 4.38. The van der Waals surface area contributed by atoms with Crippen molar-refractivity contribution < 1.29 is 14.4 Å². The van der Waals surface area contributed by atoms with E-state index in [1.54, 1.807) is 4.90 Å². The number of nitrogens with zero attached hydrogens (tertiary/aromatic N) is 2. The number of carbonyl (C=O) groups excluding carboxylic acids is 3. The van der Waals surface area contributed by atoms with Crippen LogP contribution in [-0.2, 0) is 22.7 Å². The molecule has 7 heteroatoms. The van der Waals surface area contributed by atoms with Crippen molar-refractivity contribution >= 4 is 17.7 Å². The highest BCUT2D eigenvalue weighted by atomic mass is 16.2. The number of benzene rings is 1. The van der Waals surface area contributed by atoms with Crippen LogP contribution in [0.1, 0.15) is 55.1 Å². The molecule has 0 aliphatic carbocycles. The molecule has 0 aromatic heterocycles. The van der Waals surface area contributed by atoms with Crippen molar-refractivity contribution in [1.29, 1.82) is 0 Å². The van der Waals surface area contributed by atoms with Gasteiger partial charge in [0.1, 0.15) is 6.04 Å². The van der Waals surface area contributed by atoms with Crippen molar-refractivity contribution in [3.8, 4) is 0 Å². The molecule has 3 aliphatic heterocycles. The molecular weight excluding hydrogens is 356 g/mol. The van der Waals surface area contributed by atoms with Crippen molar-refractivity contribution in [3.63, 3.8) is 0 Å². The van der Waals surface area contributed by atoms with Crippen LogP contribution < -0.4 is 10.6 Å². The summed E-state index contributed by atoms with van der Waals surface area (Å²) in [6, 6.07) is 5.95. The largest absolute Gasteiger partial charge is 0.322 e. The molecule has 2 unspecified atom stereocenters. The molecule has 1 aromatic carbocycles. The lowest BCUT2D eigenvalue weighted by atomic mass is 9.96. The molecule has 1 aromatic rings. The molecule has 2 atom stereocenters. The average Bonchev–Trinajstić information content (AvgIpc) is 2.95. The molecule has 2 fully saturated rings. The molecule has 4 rings (SSSR count). The van der Waals surface area contributed by atoms with E-state index < -0.39 is 6.04 Å². The van der Waals surface area contributed by atoms with E-state index in [9.17, 15) is 14.4 Å². The second-order valence-electron chi connectivity index (χ2n) is 8.87. The van der Waals surface area contributed by atoms with Crippen LogP contribution >= 0.6 is 0 Å². The first-order valence-electron chi connectivity index (χ1n) is 9.99. The summed E-state index contributed by atoms with van der Waals surface area (Å²) in [7, 11) is 0. The number of hydrogen-bond donors (Lipinski definition) is 2. The quantitative estimate of drug-likeness (QED) is 0.761. The molecule has 3 amide bonds. The van der Waals surface area contributed by atoms with Gasteiger partial charge in [-0.3, -0.25) is 24.6 Å². The fourth-order valence-corrected chi connectivity index (χ4v) is 4.38. The van der Waals surface area contributed by atoms with E-state index in [-0.39, 0.29) is 29.7 Å². The number of nitrogens with one attached hydrogen (secondary N) is 2. The molecule has 28 heavy (non-hydrogen) atoms. The molecule has 0 saturated carbocycles. The van der Waals surface area contributed by atoms with Crippen molar-refractivity contribution in [3.05, 3.63) is 34.9 Å². The predicted octanol–water partition coefficient (Wildman–Crippen LogP) is 1.02. The summed E-state index contributed by atoms with van der Waals surface area (Å²) in [5, 5.41) is 5.87. The molecule has 2 N–H and O–H groups in total. The Bertz CT molecular complexity index is 835. The van der Waals surface area contributed by atoms with Crippen molar-refractivity contribution in [2.45, 2.75) is 64.3 Å². The monoisotopic (exact) mass is 384 g/mol. The molecule has 0 bridgehead atoms. The Morgan fingerprint density at radius 2 is 2.00 bits per heavy atom. The first-order chi connectivity index (χ1) is 13.2. The Labute approximate surface area is 165 Å². The van der Waals surface area contributed by atoms with E-state index in [1.165, 1.54) is 0 Å². The van der Waals surface area contributed by atoms with Gasteiger partial charge in [-0.05, 0) is 44.4 Å². The lowest BCUT2D eigenvalue weighted by molar-refractivity contribution is -0.136. The fraction of sp³-hybridized carbons (Fsp3) is 0.571. The second kappa shape index (κ2) is 6.97. The first-order valence-corrected chi connectivity index (χ1v) is 9.99. The molecule has 3 heterocycles. The third-order valence-electron chi connectivity index (χ3n) is 6.20. The number of piperazine rings is 1. The number of rotatable bonds is 3. The SMILES string of the molecule is CC1CN(Cc2ccc3c(c2)C(=O)N(C2CCC(=O)NC2=O)C3)C(C)(C)CN1. The normalized spacial score (nSPS) is 27.7. The molecule has 2 saturated heterocycles. The highest BCUT2D eigenvalue weighted by Gasteiger charge is 2.39. The van der Waals surface area contributed by atoms with Crippen molar-refractivity contribution in [2.24, 2.45) is 0 Å². The number of carbonyl (C=O) groups is 3. The van der Waals surface area contributed by atoms with Crippen molar-refractivity contribution in [1.82, 2.24) is 20.4 Å². The zero-order chi connectivity index (χ0) is 20.1.